The third-order valence-electron chi connectivity index (χ3n) is 5.25. The molecular formula is C22H17N3O3S. The monoisotopic (exact) mass is 403 g/mol. The van der Waals surface area contributed by atoms with Crippen molar-refractivity contribution in [3.05, 3.63) is 81.4 Å². The fourth-order valence-electron chi connectivity index (χ4n) is 3.74. The van der Waals surface area contributed by atoms with Crippen LogP contribution in [-0.4, -0.2) is 27.6 Å². The number of thiazole rings is 1. The molecule has 2 heterocycles. The van der Waals surface area contributed by atoms with E-state index in [4.69, 9.17) is 0 Å². The summed E-state index contributed by atoms with van der Waals surface area (Å²) in [5.74, 6) is -0.793. The van der Waals surface area contributed by atoms with Crippen LogP contribution in [0.5, 0.6) is 0 Å². The fourth-order valence-corrected chi connectivity index (χ4v) is 4.78. The number of amides is 3. The smallest absolute Gasteiger partial charge is 0.261 e. The zero-order valence-corrected chi connectivity index (χ0v) is 16.3. The van der Waals surface area contributed by atoms with Crippen LogP contribution in [0.2, 0.25) is 0 Å². The van der Waals surface area contributed by atoms with Crippen molar-refractivity contribution in [1.82, 2.24) is 9.88 Å². The first-order valence-corrected chi connectivity index (χ1v) is 10.3. The molecule has 5 rings (SSSR count). The van der Waals surface area contributed by atoms with Crippen LogP contribution >= 0.6 is 11.3 Å². The van der Waals surface area contributed by atoms with Crippen molar-refractivity contribution in [2.24, 2.45) is 0 Å². The molecule has 1 aliphatic heterocycles. The molecule has 0 atom stereocenters. The van der Waals surface area contributed by atoms with Crippen molar-refractivity contribution in [1.29, 1.82) is 0 Å². The molecule has 0 saturated heterocycles. The number of anilines is 1. The molecule has 3 aromatic rings. The number of nitrogens with one attached hydrogen (secondary N) is 1. The molecule has 0 bridgehead atoms. The average molecular weight is 403 g/mol. The molecule has 0 unspecified atom stereocenters. The topological polar surface area (TPSA) is 79.4 Å². The first kappa shape index (κ1) is 17.8. The Morgan fingerprint density at radius 3 is 2.34 bits per heavy atom. The lowest BCUT2D eigenvalue weighted by molar-refractivity contribution is 0.0642. The minimum absolute atomic E-state index is 0.174. The molecule has 2 aromatic carbocycles. The lowest BCUT2D eigenvalue weighted by Crippen LogP contribution is -2.29. The molecular weight excluding hydrogens is 386 g/mol. The van der Waals surface area contributed by atoms with E-state index >= 15 is 0 Å². The van der Waals surface area contributed by atoms with Gasteiger partial charge in [0.05, 0.1) is 23.4 Å². The van der Waals surface area contributed by atoms with Gasteiger partial charge in [-0.3, -0.25) is 24.6 Å². The number of aryl methyl sites for hydroxylation is 2. The number of carbonyl (C=O) groups excluding carboxylic acids is 3. The molecule has 0 fully saturated rings. The van der Waals surface area contributed by atoms with Gasteiger partial charge in [0.25, 0.3) is 17.7 Å². The Morgan fingerprint density at radius 1 is 1.00 bits per heavy atom. The van der Waals surface area contributed by atoms with Crippen LogP contribution in [0, 0.1) is 0 Å². The number of aromatic nitrogens is 1. The molecule has 6 nitrogen and oxygen atoms in total. The second kappa shape index (κ2) is 6.93. The van der Waals surface area contributed by atoms with Crippen LogP contribution in [-0.2, 0) is 19.4 Å². The fraction of sp³-hybridized carbons (Fsp3) is 0.182. The van der Waals surface area contributed by atoms with E-state index in [0.717, 1.165) is 30.5 Å². The van der Waals surface area contributed by atoms with E-state index in [1.807, 2.05) is 0 Å². The Bertz CT molecular complexity index is 1090. The first-order valence-electron chi connectivity index (χ1n) is 9.44. The molecule has 7 heteroatoms. The second-order valence-electron chi connectivity index (χ2n) is 7.14. The van der Waals surface area contributed by atoms with E-state index in [1.165, 1.54) is 21.1 Å². The molecule has 29 heavy (non-hydrogen) atoms. The summed E-state index contributed by atoms with van der Waals surface area (Å²) in [6.45, 7) is 0.174. The molecule has 1 aromatic heterocycles. The summed E-state index contributed by atoms with van der Waals surface area (Å²) in [6.07, 6.45) is 3.15. The van der Waals surface area contributed by atoms with Gasteiger partial charge in [-0.2, -0.15) is 0 Å². The second-order valence-corrected chi connectivity index (χ2v) is 8.22. The van der Waals surface area contributed by atoms with Crippen LogP contribution in [0.3, 0.4) is 0 Å². The van der Waals surface area contributed by atoms with E-state index < -0.39 is 0 Å². The number of hydrogen-bond donors (Lipinski definition) is 1. The highest BCUT2D eigenvalue weighted by Crippen LogP contribution is 2.30. The van der Waals surface area contributed by atoms with Gasteiger partial charge in [0.2, 0.25) is 0 Å². The third kappa shape index (κ3) is 3.13. The van der Waals surface area contributed by atoms with E-state index in [1.54, 1.807) is 48.5 Å². The van der Waals surface area contributed by atoms with Crippen LogP contribution < -0.4 is 5.32 Å². The lowest BCUT2D eigenvalue weighted by Gasteiger charge is -2.14. The Morgan fingerprint density at radius 2 is 1.69 bits per heavy atom. The normalized spacial score (nSPS) is 14.8. The number of nitrogens with zero attached hydrogens (tertiary/aromatic N) is 2. The van der Waals surface area contributed by atoms with Gasteiger partial charge < -0.3 is 0 Å². The van der Waals surface area contributed by atoms with Gasteiger partial charge in [-0.25, -0.2) is 4.98 Å². The minimum atomic E-state index is -0.288. The van der Waals surface area contributed by atoms with Gasteiger partial charge in [0.1, 0.15) is 0 Å². The molecule has 0 spiro atoms. The third-order valence-corrected chi connectivity index (χ3v) is 6.32. The Hall–Kier alpha value is -3.32. The lowest BCUT2D eigenvalue weighted by atomic mass is 10.1. The van der Waals surface area contributed by atoms with Crippen molar-refractivity contribution in [3.63, 3.8) is 0 Å². The number of rotatable bonds is 4. The summed E-state index contributed by atoms with van der Waals surface area (Å²) in [4.78, 5) is 44.4. The summed E-state index contributed by atoms with van der Waals surface area (Å²) in [5, 5.41) is 3.49. The molecule has 0 radical (unpaired) electrons. The number of benzene rings is 2. The van der Waals surface area contributed by atoms with Crippen molar-refractivity contribution in [2.45, 2.75) is 25.8 Å². The molecule has 1 N–H and O–H groups in total. The zero-order chi connectivity index (χ0) is 20.0. The maximum atomic E-state index is 12.5. The van der Waals surface area contributed by atoms with Crippen molar-refractivity contribution >= 4 is 34.2 Å². The quantitative estimate of drug-likeness (QED) is 0.674. The maximum absolute atomic E-state index is 12.5. The van der Waals surface area contributed by atoms with E-state index in [0.29, 0.717) is 21.8 Å². The number of hydrogen-bond acceptors (Lipinski definition) is 5. The zero-order valence-electron chi connectivity index (χ0n) is 15.5. The van der Waals surface area contributed by atoms with Crippen LogP contribution in [0.1, 0.15) is 53.6 Å². The SMILES string of the molecule is O=C(Nc1nc2c(s1)CCC2)c1ccc(CN2C(=O)c3ccccc3C2=O)cc1. The highest BCUT2D eigenvalue weighted by Gasteiger charge is 2.34. The van der Waals surface area contributed by atoms with E-state index in [2.05, 4.69) is 10.3 Å². The van der Waals surface area contributed by atoms with Gasteiger partial charge in [0, 0.05) is 10.4 Å². The van der Waals surface area contributed by atoms with Gasteiger partial charge in [-0.05, 0) is 49.1 Å². The minimum Gasteiger partial charge on any atom is -0.298 e. The van der Waals surface area contributed by atoms with E-state index in [-0.39, 0.29) is 24.3 Å². The highest BCUT2D eigenvalue weighted by atomic mass is 32.1. The van der Waals surface area contributed by atoms with Gasteiger partial charge in [-0.15, -0.1) is 11.3 Å². The summed E-state index contributed by atoms with van der Waals surface area (Å²) >= 11 is 1.54. The molecule has 2 aliphatic rings. The highest BCUT2D eigenvalue weighted by molar-refractivity contribution is 7.16. The van der Waals surface area contributed by atoms with E-state index in [9.17, 15) is 14.4 Å². The molecule has 0 saturated carbocycles. The van der Waals surface area contributed by atoms with Crippen LogP contribution in [0.15, 0.2) is 48.5 Å². The Labute approximate surface area is 171 Å². The number of fused-ring (bicyclic) bond motifs is 2. The summed E-state index contributed by atoms with van der Waals surface area (Å²) in [6, 6.07) is 13.7. The predicted octanol–water partition coefficient (Wildman–Crippen LogP) is 3.68. The van der Waals surface area contributed by atoms with Crippen molar-refractivity contribution < 1.29 is 14.4 Å². The summed E-state index contributed by atoms with van der Waals surface area (Å²) in [7, 11) is 0. The van der Waals surface area contributed by atoms with Gasteiger partial charge in [0.15, 0.2) is 5.13 Å². The molecule has 1 aliphatic carbocycles. The largest absolute Gasteiger partial charge is 0.298 e. The van der Waals surface area contributed by atoms with Crippen molar-refractivity contribution in [3.8, 4) is 0 Å². The van der Waals surface area contributed by atoms with Crippen LogP contribution in [0.4, 0.5) is 5.13 Å². The van der Waals surface area contributed by atoms with Crippen LogP contribution in [0.25, 0.3) is 0 Å². The Balaban J connectivity index is 1.27. The Kier molecular flexibility index (Phi) is 4.24. The van der Waals surface area contributed by atoms with Gasteiger partial charge >= 0.3 is 0 Å². The average Bonchev–Trinajstić information content (AvgIpc) is 3.38. The molecule has 144 valence electrons. The summed E-state index contributed by atoms with van der Waals surface area (Å²) in [5.41, 5.74) is 3.25. The van der Waals surface area contributed by atoms with Crippen molar-refractivity contribution in [2.75, 3.05) is 5.32 Å². The predicted molar refractivity (Wildman–Crippen MR) is 109 cm³/mol. The van der Waals surface area contributed by atoms with Gasteiger partial charge in [-0.1, -0.05) is 24.3 Å². The number of imide groups is 1. The number of carbonyl (C=O) groups is 3. The first-order chi connectivity index (χ1) is 14.1. The summed E-state index contributed by atoms with van der Waals surface area (Å²) < 4.78 is 0. The maximum Gasteiger partial charge on any atom is 0.261 e. The standard InChI is InChI=1S/C22H17N3O3S/c26-19(24-22-23-17-6-3-7-18(17)29-22)14-10-8-13(9-11-14)12-25-20(27)15-4-1-2-5-16(15)21(25)28/h1-2,4-5,8-11H,3,6-7,12H2,(H,23,24,26). The molecule has 3 amide bonds.